The molecule has 6 nitrogen and oxygen atoms in total. The molecule has 178 valence electrons. The molecule has 0 aromatic carbocycles. The first-order chi connectivity index (χ1) is 14.6. The third-order valence-electron chi connectivity index (χ3n) is 8.68. The molecule has 3 aliphatic rings. The van der Waals surface area contributed by atoms with Gasteiger partial charge in [0.15, 0.2) is 0 Å². The number of fused-ring (bicyclic) bond motifs is 2. The summed E-state index contributed by atoms with van der Waals surface area (Å²) in [7, 11) is -3.69. The van der Waals surface area contributed by atoms with E-state index >= 15 is 0 Å². The van der Waals surface area contributed by atoms with Gasteiger partial charge in [-0.15, -0.1) is 0 Å². The van der Waals surface area contributed by atoms with Gasteiger partial charge in [0, 0.05) is 43.7 Å². The Morgan fingerprint density at radius 3 is 2.31 bits per heavy atom. The van der Waals surface area contributed by atoms with E-state index in [4.69, 9.17) is 0 Å². The molecule has 1 saturated heterocycles. The Balaban J connectivity index is 1.49. The summed E-state index contributed by atoms with van der Waals surface area (Å²) in [6, 6.07) is 2.05. The van der Waals surface area contributed by atoms with E-state index in [0.29, 0.717) is 25.2 Å². The van der Waals surface area contributed by atoms with Crippen LogP contribution >= 0.6 is 0 Å². The summed E-state index contributed by atoms with van der Waals surface area (Å²) in [5, 5.41) is 0. The molecule has 0 radical (unpaired) electrons. The number of ketones is 1. The lowest BCUT2D eigenvalue weighted by Gasteiger charge is -2.43. The van der Waals surface area contributed by atoms with Crippen LogP contribution < -0.4 is 4.90 Å². The molecule has 1 aromatic rings. The molecule has 10 heteroatoms. The summed E-state index contributed by atoms with van der Waals surface area (Å²) in [5.74, 6) is 0.271. The predicted molar refractivity (Wildman–Crippen MR) is 115 cm³/mol. The molecule has 0 amide bonds. The molecule has 0 N–H and O–H groups in total. The normalized spacial score (nSPS) is 33.2. The summed E-state index contributed by atoms with van der Waals surface area (Å²) in [6.07, 6.45) is -1.77. The number of carbonyl (C=O) groups is 1. The Kier molecular flexibility index (Phi) is 5.25. The first-order valence-electron chi connectivity index (χ1n) is 10.9. The molecule has 4 rings (SSSR count). The van der Waals surface area contributed by atoms with Crippen LogP contribution in [0.2, 0.25) is 0 Å². The molecule has 2 aliphatic carbocycles. The number of alkyl halides is 3. The van der Waals surface area contributed by atoms with E-state index < -0.39 is 27.2 Å². The highest BCUT2D eigenvalue weighted by Gasteiger charge is 2.70. The molecule has 1 aliphatic heterocycles. The minimum absolute atomic E-state index is 0.0560. The van der Waals surface area contributed by atoms with Crippen LogP contribution in [0.3, 0.4) is 0 Å². The Morgan fingerprint density at radius 1 is 1.16 bits per heavy atom. The fourth-order valence-electron chi connectivity index (χ4n) is 5.99. The maximum absolute atomic E-state index is 13.4. The van der Waals surface area contributed by atoms with Crippen molar-refractivity contribution in [3.63, 3.8) is 0 Å². The number of sulfonamides is 1. The predicted octanol–water partition coefficient (Wildman–Crippen LogP) is 3.73. The van der Waals surface area contributed by atoms with Crippen LogP contribution in [0.25, 0.3) is 0 Å². The third kappa shape index (κ3) is 3.36. The van der Waals surface area contributed by atoms with Crippen molar-refractivity contribution in [3.05, 3.63) is 23.9 Å². The van der Waals surface area contributed by atoms with Crippen LogP contribution in [0.15, 0.2) is 18.3 Å². The van der Waals surface area contributed by atoms with E-state index in [1.54, 1.807) is 0 Å². The van der Waals surface area contributed by atoms with Gasteiger partial charge >= 0.3 is 6.18 Å². The summed E-state index contributed by atoms with van der Waals surface area (Å²) >= 11 is 0. The highest BCUT2D eigenvalue weighted by Crippen LogP contribution is 2.70. The number of hydrogen-bond acceptors (Lipinski definition) is 5. The Morgan fingerprint density at radius 2 is 1.84 bits per heavy atom. The number of hydrogen-bond donors (Lipinski definition) is 0. The van der Waals surface area contributed by atoms with Gasteiger partial charge in [0.25, 0.3) is 0 Å². The molecule has 0 spiro atoms. The molecular formula is C22H30F3N3O3S. The highest BCUT2D eigenvalue weighted by atomic mass is 32.2. The molecule has 1 aromatic heterocycles. The van der Waals surface area contributed by atoms with Crippen LogP contribution in [-0.4, -0.2) is 54.9 Å². The number of piperazine rings is 1. The van der Waals surface area contributed by atoms with Gasteiger partial charge in [0.2, 0.25) is 10.0 Å². The quantitative estimate of drug-likeness (QED) is 0.667. The zero-order valence-electron chi connectivity index (χ0n) is 18.9. The molecule has 3 atom stereocenters. The van der Waals surface area contributed by atoms with Crippen molar-refractivity contribution in [1.29, 1.82) is 0 Å². The number of Topliss-reactive ketones (excluding diaryl/α,β-unsaturated/α-hetero) is 1. The van der Waals surface area contributed by atoms with E-state index in [2.05, 4.69) is 11.9 Å². The number of halogens is 3. The van der Waals surface area contributed by atoms with Gasteiger partial charge in [-0.05, 0) is 42.7 Å². The van der Waals surface area contributed by atoms with Crippen molar-refractivity contribution in [2.24, 2.45) is 16.2 Å². The number of anilines is 1. The second-order valence-electron chi connectivity index (χ2n) is 10.4. The van der Waals surface area contributed by atoms with Crippen LogP contribution in [0.1, 0.15) is 52.5 Å². The Bertz CT molecular complexity index is 1030. The van der Waals surface area contributed by atoms with Gasteiger partial charge < -0.3 is 4.90 Å². The summed E-state index contributed by atoms with van der Waals surface area (Å²) in [5.41, 5.74) is -2.22. The maximum atomic E-state index is 13.4. The van der Waals surface area contributed by atoms with Gasteiger partial charge in [0.05, 0.1) is 11.3 Å². The third-order valence-corrected chi connectivity index (χ3v) is 10.7. The molecule has 0 unspecified atom stereocenters. The maximum Gasteiger partial charge on any atom is 0.417 e. The largest absolute Gasteiger partial charge is 0.417 e. The van der Waals surface area contributed by atoms with E-state index in [1.807, 2.05) is 25.7 Å². The van der Waals surface area contributed by atoms with E-state index in [1.165, 1.54) is 10.4 Å². The molecular weight excluding hydrogens is 443 g/mol. The fraction of sp³-hybridized carbons (Fsp3) is 0.727. The van der Waals surface area contributed by atoms with E-state index in [-0.39, 0.29) is 41.5 Å². The molecule has 3 fully saturated rings. The minimum atomic E-state index is -4.45. The SMILES string of the molecule is C[C@@H]1CN(S(=O)(=O)C[C@]23CC[C@](C)(CC2=O)C3(C)C)CCN1c1ccc(C(F)(F)F)cn1. The summed E-state index contributed by atoms with van der Waals surface area (Å²) in [4.78, 5) is 18.7. The van der Waals surface area contributed by atoms with Crippen LogP contribution in [-0.2, 0) is 21.0 Å². The van der Waals surface area contributed by atoms with Crippen molar-refractivity contribution in [1.82, 2.24) is 9.29 Å². The van der Waals surface area contributed by atoms with Gasteiger partial charge in [-0.2, -0.15) is 17.5 Å². The van der Waals surface area contributed by atoms with Gasteiger partial charge in [-0.3, -0.25) is 4.79 Å². The van der Waals surface area contributed by atoms with Crippen molar-refractivity contribution in [2.75, 3.05) is 30.3 Å². The first kappa shape index (κ1) is 23.5. The second kappa shape index (κ2) is 7.16. The molecule has 2 saturated carbocycles. The van der Waals surface area contributed by atoms with Crippen LogP contribution in [0.4, 0.5) is 19.0 Å². The molecule has 32 heavy (non-hydrogen) atoms. The van der Waals surface area contributed by atoms with Gasteiger partial charge in [0.1, 0.15) is 11.6 Å². The van der Waals surface area contributed by atoms with Gasteiger partial charge in [-0.25, -0.2) is 13.4 Å². The Hall–Kier alpha value is -1.68. The minimum Gasteiger partial charge on any atom is -0.351 e. The van der Waals surface area contributed by atoms with Crippen LogP contribution in [0.5, 0.6) is 0 Å². The number of rotatable bonds is 4. The average molecular weight is 474 g/mol. The Labute approximate surface area is 187 Å². The van der Waals surface area contributed by atoms with E-state index in [9.17, 15) is 26.4 Å². The lowest BCUT2D eigenvalue weighted by Crippen LogP contribution is -2.56. The second-order valence-corrected chi connectivity index (χ2v) is 12.4. The number of aromatic nitrogens is 1. The lowest BCUT2D eigenvalue weighted by atomic mass is 9.66. The average Bonchev–Trinajstić information content (AvgIpc) is 2.96. The van der Waals surface area contributed by atoms with Crippen LogP contribution in [0, 0.1) is 16.2 Å². The molecule has 2 heterocycles. The van der Waals surface area contributed by atoms with Gasteiger partial charge in [-0.1, -0.05) is 20.8 Å². The molecule has 2 bridgehead atoms. The van der Waals surface area contributed by atoms with E-state index in [0.717, 1.165) is 18.7 Å². The number of nitrogens with zero attached hydrogens (tertiary/aromatic N) is 3. The highest BCUT2D eigenvalue weighted by molar-refractivity contribution is 7.89. The van der Waals surface area contributed by atoms with Crippen molar-refractivity contribution >= 4 is 21.6 Å². The summed E-state index contributed by atoms with van der Waals surface area (Å²) in [6.45, 7) is 8.69. The smallest absolute Gasteiger partial charge is 0.351 e. The summed E-state index contributed by atoms with van der Waals surface area (Å²) < 4.78 is 66.7. The van der Waals surface area contributed by atoms with Crippen molar-refractivity contribution < 1.29 is 26.4 Å². The first-order valence-corrected chi connectivity index (χ1v) is 12.5. The zero-order chi connectivity index (χ0) is 23.7. The van der Waals surface area contributed by atoms with Crippen molar-refractivity contribution in [3.8, 4) is 0 Å². The monoisotopic (exact) mass is 473 g/mol. The topological polar surface area (TPSA) is 70.6 Å². The van der Waals surface area contributed by atoms with Crippen molar-refractivity contribution in [2.45, 2.75) is 59.2 Å². The zero-order valence-corrected chi connectivity index (χ0v) is 19.7. The fourth-order valence-corrected chi connectivity index (χ4v) is 8.26. The number of carbonyl (C=O) groups excluding carboxylic acids is 1. The lowest BCUT2D eigenvalue weighted by molar-refractivity contribution is -0.137. The number of pyridine rings is 1. The standard InChI is InChI=1S/C22H30F3N3O3S/c1-15-13-27(9-10-28(15)18-6-5-16(12-26-18)22(23,24)25)32(30,31)14-21-8-7-20(4,11-17(21)29)19(21,2)3/h5-6,12,15H,7-11,13-14H2,1-4H3/t15-,20-,21-/m1/s1.